The second kappa shape index (κ2) is 9.06. The van der Waals surface area contributed by atoms with E-state index in [1.807, 2.05) is 0 Å². The van der Waals surface area contributed by atoms with Crippen LogP contribution >= 0.6 is 15.9 Å². The Balaban J connectivity index is 1.87. The van der Waals surface area contributed by atoms with Gasteiger partial charge in [0.2, 0.25) is 11.8 Å². The van der Waals surface area contributed by atoms with Gasteiger partial charge in [-0.15, -0.1) is 0 Å². The Bertz CT molecular complexity index is 1150. The van der Waals surface area contributed by atoms with Crippen molar-refractivity contribution in [3.8, 4) is 5.88 Å². The number of benzene rings is 1. The number of rotatable bonds is 6. The maximum atomic E-state index is 13.8. The van der Waals surface area contributed by atoms with E-state index in [-0.39, 0.29) is 53.8 Å². The zero-order valence-electron chi connectivity index (χ0n) is 16.4. The number of aliphatic hydroxyl groups excluding tert-OH is 1. The fourth-order valence-electron chi connectivity index (χ4n) is 3.08. The van der Waals surface area contributed by atoms with Gasteiger partial charge in [-0.1, -0.05) is 6.08 Å². The Morgan fingerprint density at radius 1 is 1.42 bits per heavy atom. The fourth-order valence-corrected chi connectivity index (χ4v) is 3.47. The first-order valence-corrected chi connectivity index (χ1v) is 9.98. The monoisotopic (exact) mass is 496 g/mol. The van der Waals surface area contributed by atoms with E-state index < -0.39 is 28.5 Å². The van der Waals surface area contributed by atoms with E-state index >= 15 is 0 Å². The molecule has 1 atom stereocenters. The molecule has 0 saturated carbocycles. The zero-order chi connectivity index (χ0) is 22.8. The number of hydrogen-bond acceptors (Lipinski definition) is 6. The number of carbonyl (C=O) groups excluding carboxylic acids is 1. The molecule has 3 rings (SSSR count). The molecule has 0 aliphatic carbocycles. The van der Waals surface area contributed by atoms with Crippen molar-refractivity contribution in [3.63, 3.8) is 0 Å². The second-order valence-corrected chi connectivity index (χ2v) is 7.74. The van der Waals surface area contributed by atoms with E-state index in [2.05, 4.69) is 25.9 Å². The minimum atomic E-state index is -1.12. The van der Waals surface area contributed by atoms with Crippen molar-refractivity contribution in [2.45, 2.75) is 20.0 Å². The molecule has 1 aromatic heterocycles. The molecule has 3 N–H and O–H groups in total. The summed E-state index contributed by atoms with van der Waals surface area (Å²) < 4.78 is 33.5. The smallest absolute Gasteiger partial charge is 0.277 e. The van der Waals surface area contributed by atoms with Gasteiger partial charge in [0.15, 0.2) is 0 Å². The number of nitrogens with zero attached hydrogens (tertiary/aromatic N) is 3. The molecular formula is C20H19BrF2N4O4. The number of amides is 1. The van der Waals surface area contributed by atoms with E-state index in [9.17, 15) is 23.5 Å². The normalized spacial score (nSPS) is 18.0. The lowest BCUT2D eigenvalue weighted by Crippen LogP contribution is -2.42. The SMILES string of the molecule is Cc1nc(OCc2ccc(F)cc2F)c(Br)c(=O)n1C1=NCC(CCO)(C(N)=O)C=C1. The van der Waals surface area contributed by atoms with Gasteiger partial charge < -0.3 is 15.6 Å². The number of aryl methyl sites for hydroxylation is 1. The summed E-state index contributed by atoms with van der Waals surface area (Å²) in [5, 5.41) is 9.22. The van der Waals surface area contributed by atoms with Crippen LogP contribution < -0.4 is 16.0 Å². The molecule has 2 heterocycles. The number of aliphatic hydroxyl groups is 1. The average Bonchev–Trinajstić information content (AvgIpc) is 2.72. The van der Waals surface area contributed by atoms with Crippen molar-refractivity contribution in [2.24, 2.45) is 16.1 Å². The van der Waals surface area contributed by atoms with Gasteiger partial charge in [-0.2, -0.15) is 4.98 Å². The first-order chi connectivity index (χ1) is 14.7. The van der Waals surface area contributed by atoms with Gasteiger partial charge in [-0.05, 0) is 47.5 Å². The third kappa shape index (κ3) is 4.57. The summed E-state index contributed by atoms with van der Waals surface area (Å²) in [4.78, 5) is 33.2. The van der Waals surface area contributed by atoms with Crippen LogP contribution in [0.1, 0.15) is 17.8 Å². The van der Waals surface area contributed by atoms with Crippen LogP contribution in [0.25, 0.3) is 0 Å². The number of aliphatic imine (C=N–C) groups is 1. The molecule has 11 heteroatoms. The largest absolute Gasteiger partial charge is 0.472 e. The fraction of sp³-hybridized carbons (Fsp3) is 0.300. The number of aromatic nitrogens is 2. The predicted molar refractivity (Wildman–Crippen MR) is 112 cm³/mol. The first-order valence-electron chi connectivity index (χ1n) is 9.19. The van der Waals surface area contributed by atoms with Gasteiger partial charge in [0.05, 0.1) is 12.0 Å². The van der Waals surface area contributed by atoms with E-state index in [0.717, 1.165) is 12.1 Å². The van der Waals surface area contributed by atoms with Crippen LogP contribution in [0.3, 0.4) is 0 Å². The van der Waals surface area contributed by atoms with Crippen molar-refractivity contribution in [3.05, 3.63) is 68.2 Å². The highest BCUT2D eigenvalue weighted by Crippen LogP contribution is 2.28. The molecule has 0 saturated heterocycles. The van der Waals surface area contributed by atoms with Crippen molar-refractivity contribution >= 4 is 27.7 Å². The molecule has 31 heavy (non-hydrogen) atoms. The summed E-state index contributed by atoms with van der Waals surface area (Å²) >= 11 is 3.15. The van der Waals surface area contributed by atoms with Gasteiger partial charge in [-0.3, -0.25) is 14.6 Å². The van der Waals surface area contributed by atoms with Crippen molar-refractivity contribution in [1.29, 1.82) is 0 Å². The Morgan fingerprint density at radius 3 is 2.74 bits per heavy atom. The molecule has 0 fully saturated rings. The van der Waals surface area contributed by atoms with E-state index in [0.29, 0.717) is 0 Å². The molecule has 1 amide bonds. The molecule has 1 aliphatic heterocycles. The Labute approximate surface area is 184 Å². The first kappa shape index (κ1) is 22.8. The number of carbonyl (C=O) groups is 1. The zero-order valence-corrected chi connectivity index (χ0v) is 18.0. The number of dihydropyridines is 1. The average molecular weight is 497 g/mol. The van der Waals surface area contributed by atoms with E-state index in [1.165, 1.54) is 22.8 Å². The quantitative estimate of drug-likeness (QED) is 0.632. The third-order valence-corrected chi connectivity index (χ3v) is 5.58. The van der Waals surface area contributed by atoms with E-state index in [1.54, 1.807) is 6.92 Å². The van der Waals surface area contributed by atoms with Gasteiger partial charge >= 0.3 is 0 Å². The minimum absolute atomic E-state index is 0.0150. The number of ether oxygens (including phenoxy) is 1. The molecule has 2 aromatic rings. The van der Waals surface area contributed by atoms with Crippen LogP contribution in [0, 0.1) is 24.0 Å². The summed E-state index contributed by atoms with van der Waals surface area (Å²) in [7, 11) is 0. The summed E-state index contributed by atoms with van der Waals surface area (Å²) in [5.41, 5.74) is 3.90. The van der Waals surface area contributed by atoms with Crippen LogP contribution in [0.2, 0.25) is 0 Å². The Morgan fingerprint density at radius 2 is 2.16 bits per heavy atom. The van der Waals surface area contributed by atoms with E-state index in [4.69, 9.17) is 10.5 Å². The van der Waals surface area contributed by atoms with Crippen molar-refractivity contribution in [1.82, 2.24) is 9.55 Å². The predicted octanol–water partition coefficient (Wildman–Crippen LogP) is 1.84. The summed E-state index contributed by atoms with van der Waals surface area (Å²) in [6, 6.07) is 3.08. The second-order valence-electron chi connectivity index (χ2n) is 6.94. The number of hydrogen-bond donors (Lipinski definition) is 2. The van der Waals surface area contributed by atoms with Crippen molar-refractivity contribution in [2.75, 3.05) is 13.2 Å². The third-order valence-electron chi connectivity index (χ3n) is 4.90. The van der Waals surface area contributed by atoms with Gasteiger partial charge in [0.1, 0.15) is 34.4 Å². The molecule has 1 aliphatic rings. The Hall–Kier alpha value is -2.92. The molecule has 1 unspecified atom stereocenters. The number of halogens is 3. The minimum Gasteiger partial charge on any atom is -0.472 e. The maximum Gasteiger partial charge on any atom is 0.277 e. The van der Waals surface area contributed by atoms with Crippen LogP contribution in [-0.2, 0) is 11.4 Å². The van der Waals surface area contributed by atoms with Crippen molar-refractivity contribution < 1.29 is 23.4 Å². The molecule has 0 spiro atoms. The van der Waals surface area contributed by atoms with Crippen LogP contribution in [0.5, 0.6) is 5.88 Å². The standard InChI is InChI=1S/C20H19BrF2N4O4/c1-11-26-17(31-9-12-2-3-13(22)8-14(12)23)16(21)18(29)27(11)15-4-5-20(6-7-28,10-25-15)19(24)30/h2-5,8,28H,6-7,9-10H2,1H3,(H2,24,30). The lowest BCUT2D eigenvalue weighted by atomic mass is 9.82. The van der Waals surface area contributed by atoms with Crippen LogP contribution in [0.15, 0.2) is 44.6 Å². The Kier molecular flexibility index (Phi) is 6.65. The molecule has 0 radical (unpaired) electrons. The molecule has 1 aromatic carbocycles. The van der Waals surface area contributed by atoms with Gasteiger partial charge in [-0.25, -0.2) is 13.3 Å². The van der Waals surface area contributed by atoms with Gasteiger partial charge in [0.25, 0.3) is 5.56 Å². The van der Waals surface area contributed by atoms with Crippen LogP contribution in [-0.4, -0.2) is 39.6 Å². The van der Waals surface area contributed by atoms with Crippen LogP contribution in [0.4, 0.5) is 8.78 Å². The maximum absolute atomic E-state index is 13.8. The summed E-state index contributed by atoms with van der Waals surface area (Å²) in [6.45, 7) is 1.02. The lowest BCUT2D eigenvalue weighted by Gasteiger charge is -2.28. The lowest BCUT2D eigenvalue weighted by molar-refractivity contribution is -0.125. The highest BCUT2D eigenvalue weighted by Gasteiger charge is 2.35. The summed E-state index contributed by atoms with van der Waals surface area (Å²) in [5.74, 6) is -1.69. The topological polar surface area (TPSA) is 120 Å². The highest BCUT2D eigenvalue weighted by molar-refractivity contribution is 9.10. The molecule has 164 valence electrons. The number of nitrogens with two attached hydrogens (primary N) is 1. The number of primary amides is 1. The molecular weight excluding hydrogens is 478 g/mol. The summed E-state index contributed by atoms with van der Waals surface area (Å²) in [6.07, 6.45) is 3.11. The number of allylic oxidation sites excluding steroid dienone is 1. The van der Waals surface area contributed by atoms with Gasteiger partial charge in [0, 0.05) is 18.2 Å². The highest BCUT2D eigenvalue weighted by atomic mass is 79.9. The molecule has 0 bridgehead atoms. The molecule has 8 nitrogen and oxygen atoms in total.